The number of hydrogen-bond donors (Lipinski definition) is 0. The number of rotatable bonds is 0. The van der Waals surface area contributed by atoms with Crippen LogP contribution in [0.4, 0.5) is 0 Å². The Morgan fingerprint density at radius 3 is 3.30 bits per heavy atom. The van der Waals surface area contributed by atoms with Gasteiger partial charge in [0.25, 0.3) is 0 Å². The Labute approximate surface area is 58.9 Å². The van der Waals surface area contributed by atoms with Crippen molar-refractivity contribution in [3.05, 3.63) is 11.6 Å². The molecule has 2 heterocycles. The molecule has 3 heteroatoms. The van der Waals surface area contributed by atoms with Crippen molar-refractivity contribution in [2.24, 2.45) is 15.0 Å². The van der Waals surface area contributed by atoms with Gasteiger partial charge < -0.3 is 0 Å². The van der Waals surface area contributed by atoms with E-state index in [2.05, 4.69) is 21.1 Å². The van der Waals surface area contributed by atoms with Gasteiger partial charge in [0, 0.05) is 24.4 Å². The molecular formula is C7H7N3. The zero-order valence-corrected chi connectivity index (χ0v) is 5.44. The van der Waals surface area contributed by atoms with Crippen molar-refractivity contribution in [2.45, 2.75) is 12.6 Å². The molecule has 1 unspecified atom stereocenters. The van der Waals surface area contributed by atoms with Gasteiger partial charge in [0.15, 0.2) is 6.17 Å². The van der Waals surface area contributed by atoms with Crippen molar-refractivity contribution in [2.75, 3.05) is 0 Å². The van der Waals surface area contributed by atoms with Crippen molar-refractivity contribution in [1.29, 1.82) is 0 Å². The fourth-order valence-corrected chi connectivity index (χ4v) is 1.01. The molecule has 0 aromatic rings. The molecule has 0 aromatic carbocycles. The monoisotopic (exact) mass is 133 g/mol. The van der Waals surface area contributed by atoms with Crippen LogP contribution in [-0.4, -0.2) is 24.9 Å². The van der Waals surface area contributed by atoms with Crippen molar-refractivity contribution < 1.29 is 0 Å². The first kappa shape index (κ1) is 5.53. The molecule has 0 aliphatic carbocycles. The largest absolute Gasteiger partial charge is 0.266 e. The van der Waals surface area contributed by atoms with Crippen molar-refractivity contribution in [3.63, 3.8) is 0 Å². The zero-order chi connectivity index (χ0) is 6.81. The van der Waals surface area contributed by atoms with Crippen LogP contribution in [-0.2, 0) is 0 Å². The highest BCUT2D eigenvalue weighted by Crippen LogP contribution is 2.12. The fraction of sp³-hybridized carbons (Fsp3) is 0.286. The smallest absolute Gasteiger partial charge is 0.167 e. The Morgan fingerprint density at radius 2 is 2.40 bits per heavy atom. The number of aliphatic imine (C=N–C) groups is 3. The van der Waals surface area contributed by atoms with E-state index in [0.29, 0.717) is 0 Å². The minimum atomic E-state index is 0.00579. The minimum Gasteiger partial charge on any atom is -0.266 e. The number of dihydropyridines is 1. The van der Waals surface area contributed by atoms with E-state index in [-0.39, 0.29) is 6.17 Å². The quantitative estimate of drug-likeness (QED) is 0.469. The summed E-state index contributed by atoms with van der Waals surface area (Å²) in [5, 5.41) is 0. The third-order valence-electron chi connectivity index (χ3n) is 1.50. The van der Waals surface area contributed by atoms with E-state index >= 15 is 0 Å². The van der Waals surface area contributed by atoms with Crippen LogP contribution < -0.4 is 0 Å². The highest BCUT2D eigenvalue weighted by Gasteiger charge is 2.12. The summed E-state index contributed by atoms with van der Waals surface area (Å²) in [6.07, 6.45) is 8.25. The van der Waals surface area contributed by atoms with Crippen LogP contribution >= 0.6 is 0 Å². The zero-order valence-electron chi connectivity index (χ0n) is 5.44. The Kier molecular flexibility index (Phi) is 1.20. The molecule has 2 aliphatic rings. The first-order valence-corrected chi connectivity index (χ1v) is 3.23. The third kappa shape index (κ3) is 0.795. The summed E-state index contributed by atoms with van der Waals surface area (Å²) >= 11 is 0. The van der Waals surface area contributed by atoms with Gasteiger partial charge in [-0.2, -0.15) is 0 Å². The maximum Gasteiger partial charge on any atom is 0.167 e. The molecule has 2 rings (SSSR count). The van der Waals surface area contributed by atoms with Crippen LogP contribution in [0.5, 0.6) is 0 Å². The van der Waals surface area contributed by atoms with Gasteiger partial charge in [0.05, 0.1) is 0 Å². The first-order chi connectivity index (χ1) is 4.97. The number of allylic oxidation sites excluding steroid dienone is 1. The normalized spacial score (nSPS) is 28.0. The standard InChI is InChI=1S/C7H7N3/c1-2-6-4-8-5-10-7(6)9-3-1/h2-5,7H,1H2. The van der Waals surface area contributed by atoms with Gasteiger partial charge in [-0.15, -0.1) is 0 Å². The maximum atomic E-state index is 4.17. The number of fused-ring (bicyclic) bond motifs is 1. The second kappa shape index (κ2) is 2.17. The van der Waals surface area contributed by atoms with Gasteiger partial charge in [-0.05, 0) is 0 Å². The van der Waals surface area contributed by atoms with Gasteiger partial charge in [0.2, 0.25) is 0 Å². The number of nitrogens with zero attached hydrogens (tertiary/aromatic N) is 3. The molecule has 0 saturated heterocycles. The average molecular weight is 133 g/mol. The van der Waals surface area contributed by atoms with E-state index in [1.807, 2.05) is 12.4 Å². The second-order valence-corrected chi connectivity index (χ2v) is 2.19. The summed E-state index contributed by atoms with van der Waals surface area (Å²) in [4.78, 5) is 12.1. The molecule has 0 spiro atoms. The Balaban J connectivity index is 2.33. The maximum absolute atomic E-state index is 4.17. The molecule has 1 atom stereocenters. The molecular weight excluding hydrogens is 126 g/mol. The lowest BCUT2D eigenvalue weighted by atomic mass is 10.1. The SMILES string of the molecule is C1=NC=NC2N=CCC=C12. The van der Waals surface area contributed by atoms with Crippen molar-refractivity contribution in [3.8, 4) is 0 Å². The van der Waals surface area contributed by atoms with Crippen LogP contribution in [0, 0.1) is 0 Å². The Morgan fingerprint density at radius 1 is 1.40 bits per heavy atom. The van der Waals surface area contributed by atoms with E-state index in [0.717, 1.165) is 12.0 Å². The van der Waals surface area contributed by atoms with Crippen LogP contribution in [0.15, 0.2) is 26.6 Å². The Hall–Kier alpha value is -1.25. The first-order valence-electron chi connectivity index (χ1n) is 3.23. The van der Waals surface area contributed by atoms with E-state index < -0.39 is 0 Å². The summed E-state index contributed by atoms with van der Waals surface area (Å²) in [7, 11) is 0. The lowest BCUT2D eigenvalue weighted by Gasteiger charge is -2.13. The average Bonchev–Trinajstić information content (AvgIpc) is 2.05. The topological polar surface area (TPSA) is 37.1 Å². The summed E-state index contributed by atoms with van der Waals surface area (Å²) < 4.78 is 0. The predicted molar refractivity (Wildman–Crippen MR) is 42.0 cm³/mol. The van der Waals surface area contributed by atoms with Crippen LogP contribution in [0.1, 0.15) is 6.42 Å². The molecule has 3 nitrogen and oxygen atoms in total. The summed E-state index contributed by atoms with van der Waals surface area (Å²) in [5.41, 5.74) is 1.12. The lowest BCUT2D eigenvalue weighted by Crippen LogP contribution is -2.13. The van der Waals surface area contributed by atoms with Crippen LogP contribution in [0.3, 0.4) is 0 Å². The van der Waals surface area contributed by atoms with Gasteiger partial charge in [-0.1, -0.05) is 6.08 Å². The van der Waals surface area contributed by atoms with Crippen LogP contribution in [0.25, 0.3) is 0 Å². The number of hydrogen-bond acceptors (Lipinski definition) is 3. The minimum absolute atomic E-state index is 0.00579. The molecule has 0 saturated carbocycles. The predicted octanol–water partition coefficient (Wildman–Crippen LogP) is 0.826. The molecule has 0 fully saturated rings. The fourth-order valence-electron chi connectivity index (χ4n) is 1.01. The highest BCUT2D eigenvalue weighted by atomic mass is 15.0. The van der Waals surface area contributed by atoms with Gasteiger partial charge in [-0.3, -0.25) is 4.99 Å². The van der Waals surface area contributed by atoms with Gasteiger partial charge in [0.1, 0.15) is 6.34 Å². The van der Waals surface area contributed by atoms with E-state index in [9.17, 15) is 0 Å². The highest BCUT2D eigenvalue weighted by molar-refractivity contribution is 5.90. The molecule has 2 aliphatic heterocycles. The molecule has 50 valence electrons. The van der Waals surface area contributed by atoms with E-state index in [4.69, 9.17) is 0 Å². The summed E-state index contributed by atoms with van der Waals surface area (Å²) in [5.74, 6) is 0. The van der Waals surface area contributed by atoms with Gasteiger partial charge in [-0.25, -0.2) is 9.98 Å². The van der Waals surface area contributed by atoms with E-state index in [1.54, 1.807) is 6.34 Å². The molecule has 0 bridgehead atoms. The second-order valence-electron chi connectivity index (χ2n) is 2.19. The van der Waals surface area contributed by atoms with Gasteiger partial charge >= 0.3 is 0 Å². The molecule has 0 aromatic heterocycles. The summed E-state index contributed by atoms with van der Waals surface area (Å²) in [6.45, 7) is 0. The van der Waals surface area contributed by atoms with Crippen molar-refractivity contribution in [1.82, 2.24) is 0 Å². The Bertz CT molecular complexity index is 248. The lowest BCUT2D eigenvalue weighted by molar-refractivity contribution is 0.840. The molecule has 10 heavy (non-hydrogen) atoms. The molecule has 0 amide bonds. The van der Waals surface area contributed by atoms with E-state index in [1.165, 1.54) is 0 Å². The molecule has 0 N–H and O–H groups in total. The van der Waals surface area contributed by atoms with Crippen molar-refractivity contribution >= 4 is 18.8 Å². The van der Waals surface area contributed by atoms with Crippen LogP contribution in [0.2, 0.25) is 0 Å². The third-order valence-corrected chi connectivity index (χ3v) is 1.50. The molecule has 0 radical (unpaired) electrons. The summed E-state index contributed by atoms with van der Waals surface area (Å²) in [6, 6.07) is 0.